The quantitative estimate of drug-likeness (QED) is 0.548. The van der Waals surface area contributed by atoms with Crippen LogP contribution in [0.2, 0.25) is 0 Å². The maximum Gasteiger partial charge on any atom is 0.309 e. The zero-order chi connectivity index (χ0) is 15.8. The number of ether oxygens (including phenoxy) is 3. The van der Waals surface area contributed by atoms with Gasteiger partial charge in [-0.25, -0.2) is 0 Å². The highest BCUT2D eigenvalue weighted by Gasteiger charge is 2.20. The Balaban J connectivity index is 2.89. The highest BCUT2D eigenvalue weighted by atomic mass is 79.9. The molecule has 0 N–H and O–H groups in total. The maximum atomic E-state index is 11.1. The molecule has 1 aromatic rings. The minimum absolute atomic E-state index is 0.100. The molecule has 0 saturated heterocycles. The van der Waals surface area contributed by atoms with Crippen molar-refractivity contribution in [2.75, 3.05) is 21.3 Å². The van der Waals surface area contributed by atoms with Gasteiger partial charge in [0.2, 0.25) is 0 Å². The minimum atomic E-state index is -0.255. The van der Waals surface area contributed by atoms with Crippen LogP contribution in [0, 0.1) is 5.92 Å². The molecule has 5 heteroatoms. The predicted molar refractivity (Wildman–Crippen MR) is 85.4 cm³/mol. The van der Waals surface area contributed by atoms with E-state index in [4.69, 9.17) is 9.47 Å². The summed E-state index contributed by atoms with van der Waals surface area (Å²) in [5.74, 6) is 0.624. The van der Waals surface area contributed by atoms with Crippen LogP contribution in [-0.2, 0) is 14.3 Å². The van der Waals surface area contributed by atoms with E-state index in [-0.39, 0.29) is 24.4 Å². The average molecular weight is 357 g/mol. The van der Waals surface area contributed by atoms with E-state index in [1.54, 1.807) is 20.3 Å². The summed E-state index contributed by atoms with van der Waals surface area (Å²) in [5, 5.41) is 0. The summed E-state index contributed by atoms with van der Waals surface area (Å²) in [7, 11) is 4.68. The SMILES string of the molecule is COC(=O)C/C=C/[C@@H](C)[C@H](OC)c1cc(OC)ccc1Br. The Morgan fingerprint density at radius 2 is 2.05 bits per heavy atom. The summed E-state index contributed by atoms with van der Waals surface area (Å²) in [6.45, 7) is 2.04. The number of hydrogen-bond acceptors (Lipinski definition) is 4. The van der Waals surface area contributed by atoms with Gasteiger partial charge in [-0.3, -0.25) is 4.79 Å². The molecule has 1 aromatic carbocycles. The summed E-state index contributed by atoms with van der Waals surface area (Å²) in [6.07, 6.45) is 3.88. The fourth-order valence-electron chi connectivity index (χ4n) is 2.05. The molecule has 21 heavy (non-hydrogen) atoms. The molecule has 0 amide bonds. The number of methoxy groups -OCH3 is 3. The number of rotatable bonds is 7. The van der Waals surface area contributed by atoms with Gasteiger partial charge in [0.05, 0.1) is 26.7 Å². The molecular weight excluding hydrogens is 336 g/mol. The van der Waals surface area contributed by atoms with Crippen molar-refractivity contribution in [1.82, 2.24) is 0 Å². The Morgan fingerprint density at radius 1 is 1.33 bits per heavy atom. The van der Waals surface area contributed by atoms with Gasteiger partial charge in [-0.05, 0) is 23.8 Å². The molecule has 0 spiro atoms. The number of carbonyl (C=O) groups excluding carboxylic acids is 1. The summed E-state index contributed by atoms with van der Waals surface area (Å²) in [6, 6.07) is 5.77. The summed E-state index contributed by atoms with van der Waals surface area (Å²) in [4.78, 5) is 11.1. The largest absolute Gasteiger partial charge is 0.497 e. The molecule has 0 bridgehead atoms. The van der Waals surface area contributed by atoms with Gasteiger partial charge in [-0.1, -0.05) is 35.0 Å². The number of esters is 1. The van der Waals surface area contributed by atoms with Crippen LogP contribution >= 0.6 is 15.9 Å². The smallest absolute Gasteiger partial charge is 0.309 e. The molecule has 1 rings (SSSR count). The van der Waals surface area contributed by atoms with Gasteiger partial charge in [0.1, 0.15) is 5.75 Å². The second kappa shape index (κ2) is 8.85. The first-order valence-electron chi connectivity index (χ1n) is 6.63. The second-order valence-electron chi connectivity index (χ2n) is 4.61. The van der Waals surface area contributed by atoms with Gasteiger partial charge in [-0.15, -0.1) is 0 Å². The third-order valence-corrected chi connectivity index (χ3v) is 3.92. The van der Waals surface area contributed by atoms with Crippen molar-refractivity contribution < 1.29 is 19.0 Å². The lowest BCUT2D eigenvalue weighted by molar-refractivity contribution is -0.139. The average Bonchev–Trinajstić information content (AvgIpc) is 2.49. The fraction of sp³-hybridized carbons (Fsp3) is 0.438. The fourth-order valence-corrected chi connectivity index (χ4v) is 2.53. The highest BCUT2D eigenvalue weighted by Crippen LogP contribution is 2.34. The molecule has 0 fully saturated rings. The Kier molecular flexibility index (Phi) is 7.47. The highest BCUT2D eigenvalue weighted by molar-refractivity contribution is 9.10. The van der Waals surface area contributed by atoms with Crippen LogP contribution in [0.15, 0.2) is 34.8 Å². The lowest BCUT2D eigenvalue weighted by Gasteiger charge is -2.22. The van der Waals surface area contributed by atoms with Gasteiger partial charge >= 0.3 is 5.97 Å². The Morgan fingerprint density at radius 3 is 2.62 bits per heavy atom. The number of hydrogen-bond donors (Lipinski definition) is 0. The van der Waals surface area contributed by atoms with Crippen LogP contribution in [0.3, 0.4) is 0 Å². The van der Waals surface area contributed by atoms with Gasteiger partial charge in [-0.2, -0.15) is 0 Å². The van der Waals surface area contributed by atoms with Crippen LogP contribution in [0.25, 0.3) is 0 Å². The van der Waals surface area contributed by atoms with Gasteiger partial charge in [0.25, 0.3) is 0 Å². The van der Waals surface area contributed by atoms with Crippen molar-refractivity contribution >= 4 is 21.9 Å². The molecule has 0 saturated carbocycles. The molecular formula is C16H21BrO4. The number of carbonyl (C=O) groups is 1. The van der Waals surface area contributed by atoms with Gasteiger partial charge in [0.15, 0.2) is 0 Å². The van der Waals surface area contributed by atoms with E-state index in [2.05, 4.69) is 20.7 Å². The minimum Gasteiger partial charge on any atom is -0.497 e. The van der Waals surface area contributed by atoms with E-state index in [0.717, 1.165) is 15.8 Å². The van der Waals surface area contributed by atoms with Crippen molar-refractivity contribution in [2.45, 2.75) is 19.4 Å². The molecule has 0 aliphatic rings. The molecule has 0 heterocycles. The van der Waals surface area contributed by atoms with E-state index in [1.807, 2.05) is 31.2 Å². The summed E-state index contributed by atoms with van der Waals surface area (Å²) in [5.41, 5.74) is 1.01. The molecule has 0 radical (unpaired) electrons. The molecule has 2 atom stereocenters. The second-order valence-corrected chi connectivity index (χ2v) is 5.47. The Labute approximate surface area is 134 Å². The predicted octanol–water partition coefficient (Wildman–Crippen LogP) is 3.90. The summed E-state index contributed by atoms with van der Waals surface area (Å²) >= 11 is 3.54. The van der Waals surface area contributed by atoms with E-state index in [0.29, 0.717) is 0 Å². The van der Waals surface area contributed by atoms with Crippen LogP contribution in [0.1, 0.15) is 25.0 Å². The van der Waals surface area contributed by atoms with E-state index >= 15 is 0 Å². The normalized spacial score (nSPS) is 14.0. The number of halogens is 1. The zero-order valence-corrected chi connectivity index (χ0v) is 14.3. The first kappa shape index (κ1) is 17.7. The zero-order valence-electron chi connectivity index (χ0n) is 12.8. The topological polar surface area (TPSA) is 44.8 Å². The van der Waals surface area contributed by atoms with E-state index < -0.39 is 0 Å². The monoisotopic (exact) mass is 356 g/mol. The first-order chi connectivity index (χ1) is 10.0. The van der Waals surface area contributed by atoms with E-state index in [1.165, 1.54) is 7.11 Å². The first-order valence-corrected chi connectivity index (χ1v) is 7.42. The molecule has 4 nitrogen and oxygen atoms in total. The molecule has 0 aliphatic heterocycles. The van der Waals surface area contributed by atoms with Crippen LogP contribution in [-0.4, -0.2) is 27.3 Å². The third kappa shape index (κ3) is 5.17. The third-order valence-electron chi connectivity index (χ3n) is 3.19. The van der Waals surface area contributed by atoms with Crippen molar-refractivity contribution in [1.29, 1.82) is 0 Å². The lowest BCUT2D eigenvalue weighted by Crippen LogP contribution is -2.11. The number of benzene rings is 1. The molecule has 0 aromatic heterocycles. The standard InChI is InChI=1S/C16H21BrO4/c1-11(6-5-7-15(18)20-3)16(21-4)13-10-12(19-2)8-9-14(13)17/h5-6,8-11,16H,7H2,1-4H3/b6-5+/t11-,16+/m1/s1. The molecule has 116 valence electrons. The summed E-state index contributed by atoms with van der Waals surface area (Å²) < 4.78 is 16.4. The Hall–Kier alpha value is -1.33. The van der Waals surface area contributed by atoms with Crippen LogP contribution in [0.5, 0.6) is 5.75 Å². The van der Waals surface area contributed by atoms with Gasteiger partial charge in [0, 0.05) is 17.5 Å². The maximum absolute atomic E-state index is 11.1. The van der Waals surface area contributed by atoms with E-state index in [9.17, 15) is 4.79 Å². The van der Waals surface area contributed by atoms with Crippen molar-refractivity contribution in [2.24, 2.45) is 5.92 Å². The van der Waals surface area contributed by atoms with Crippen LogP contribution in [0.4, 0.5) is 0 Å². The van der Waals surface area contributed by atoms with Crippen molar-refractivity contribution in [3.63, 3.8) is 0 Å². The van der Waals surface area contributed by atoms with Crippen LogP contribution < -0.4 is 4.74 Å². The van der Waals surface area contributed by atoms with Crippen molar-refractivity contribution in [3.05, 3.63) is 40.4 Å². The van der Waals surface area contributed by atoms with Crippen molar-refractivity contribution in [3.8, 4) is 5.75 Å². The Bertz CT molecular complexity index is 499. The molecule has 0 aliphatic carbocycles. The molecule has 0 unspecified atom stereocenters. The lowest BCUT2D eigenvalue weighted by atomic mass is 9.96. The van der Waals surface area contributed by atoms with Gasteiger partial charge < -0.3 is 14.2 Å².